The fourth-order valence-electron chi connectivity index (χ4n) is 2.35. The van der Waals surface area contributed by atoms with E-state index >= 15 is 0 Å². The van der Waals surface area contributed by atoms with Crippen molar-refractivity contribution in [2.45, 2.75) is 6.61 Å². The summed E-state index contributed by atoms with van der Waals surface area (Å²) < 4.78 is 23.8. The van der Waals surface area contributed by atoms with Gasteiger partial charge in [-0.25, -0.2) is 4.79 Å². The second-order valence-corrected chi connectivity index (χ2v) is 6.09. The fourth-order valence-corrected chi connectivity index (χ4v) is 2.73. The standard InChI is InChI=1S/C18H13Cl2FN2O3/c19-14-16(22)15(20)18(23-17(14)21)26-9-13(24)25-8-11-6-3-5-10-4-1-2-7-12(10)11/h1-7H,8-9H2,(H2,22,23). The van der Waals surface area contributed by atoms with Crippen LogP contribution in [0.25, 0.3) is 10.8 Å². The third-order valence-electron chi connectivity index (χ3n) is 3.64. The van der Waals surface area contributed by atoms with E-state index in [0.29, 0.717) is 0 Å². The topological polar surface area (TPSA) is 74.4 Å². The number of halogens is 3. The van der Waals surface area contributed by atoms with Gasteiger partial charge in [0.1, 0.15) is 16.7 Å². The van der Waals surface area contributed by atoms with Gasteiger partial charge in [0.2, 0.25) is 11.8 Å². The van der Waals surface area contributed by atoms with Gasteiger partial charge in [-0.05, 0) is 16.3 Å². The first-order valence-electron chi connectivity index (χ1n) is 7.52. The largest absolute Gasteiger partial charge is 0.464 e. The van der Waals surface area contributed by atoms with Crippen LogP contribution in [0.4, 0.5) is 10.1 Å². The van der Waals surface area contributed by atoms with Gasteiger partial charge in [0.05, 0.1) is 5.69 Å². The smallest absolute Gasteiger partial charge is 0.344 e. The van der Waals surface area contributed by atoms with Crippen LogP contribution in [0.3, 0.4) is 0 Å². The molecule has 0 bridgehead atoms. The number of benzene rings is 2. The maximum Gasteiger partial charge on any atom is 0.344 e. The second kappa shape index (κ2) is 7.76. The van der Waals surface area contributed by atoms with Crippen molar-refractivity contribution in [1.82, 2.24) is 4.98 Å². The van der Waals surface area contributed by atoms with E-state index in [1.807, 2.05) is 42.5 Å². The predicted molar refractivity (Wildman–Crippen MR) is 97.9 cm³/mol. The van der Waals surface area contributed by atoms with Crippen molar-refractivity contribution in [3.8, 4) is 5.88 Å². The van der Waals surface area contributed by atoms with Gasteiger partial charge in [0.25, 0.3) is 0 Å². The number of nitrogens with two attached hydrogens (primary N) is 1. The molecule has 0 aliphatic rings. The number of nitrogens with zero attached hydrogens (tertiary/aromatic N) is 1. The summed E-state index contributed by atoms with van der Waals surface area (Å²) in [6.45, 7) is -0.431. The highest BCUT2D eigenvalue weighted by Gasteiger charge is 2.17. The molecule has 1 aromatic heterocycles. The molecule has 0 aliphatic heterocycles. The number of ether oxygens (including phenoxy) is 2. The van der Waals surface area contributed by atoms with Gasteiger partial charge in [-0.15, -0.1) is 0 Å². The van der Waals surface area contributed by atoms with Gasteiger partial charge >= 0.3 is 5.97 Å². The lowest BCUT2D eigenvalue weighted by Gasteiger charge is -2.11. The Balaban J connectivity index is 1.63. The first kappa shape index (κ1) is 18.2. The van der Waals surface area contributed by atoms with Crippen molar-refractivity contribution < 1.29 is 18.7 Å². The molecule has 0 spiro atoms. The minimum atomic E-state index is -1.03. The monoisotopic (exact) mass is 394 g/mol. The van der Waals surface area contributed by atoms with Crippen molar-refractivity contribution in [2.75, 3.05) is 12.3 Å². The number of rotatable bonds is 5. The highest BCUT2D eigenvalue weighted by Crippen LogP contribution is 2.35. The number of aromatic nitrogens is 1. The summed E-state index contributed by atoms with van der Waals surface area (Å²) in [6.07, 6.45) is 0. The van der Waals surface area contributed by atoms with E-state index in [1.165, 1.54) is 0 Å². The number of pyridine rings is 1. The normalized spacial score (nSPS) is 10.7. The molecule has 2 aromatic carbocycles. The molecule has 2 N–H and O–H groups in total. The van der Waals surface area contributed by atoms with Crippen molar-refractivity contribution in [3.63, 3.8) is 0 Å². The maximum absolute atomic E-state index is 13.5. The summed E-state index contributed by atoms with van der Waals surface area (Å²) in [6, 6.07) is 13.5. The first-order chi connectivity index (χ1) is 12.5. The van der Waals surface area contributed by atoms with Crippen LogP contribution in [0, 0.1) is 5.95 Å². The van der Waals surface area contributed by atoms with Crippen molar-refractivity contribution in [2.24, 2.45) is 0 Å². The van der Waals surface area contributed by atoms with E-state index in [0.717, 1.165) is 16.3 Å². The van der Waals surface area contributed by atoms with E-state index < -0.39 is 23.5 Å². The summed E-state index contributed by atoms with van der Waals surface area (Å²) in [5, 5.41) is 1.46. The molecular weight excluding hydrogens is 382 g/mol. The summed E-state index contributed by atoms with van der Waals surface area (Å²) in [7, 11) is 0. The van der Waals surface area contributed by atoms with E-state index in [1.54, 1.807) is 0 Å². The molecule has 1 heterocycles. The highest BCUT2D eigenvalue weighted by atomic mass is 35.5. The zero-order valence-electron chi connectivity index (χ0n) is 13.3. The van der Waals surface area contributed by atoms with Crippen LogP contribution in [-0.2, 0) is 16.1 Å². The Labute approximate surface area is 158 Å². The van der Waals surface area contributed by atoms with Crippen molar-refractivity contribution >= 4 is 45.6 Å². The van der Waals surface area contributed by atoms with E-state index in [2.05, 4.69) is 4.98 Å². The van der Waals surface area contributed by atoms with E-state index in [-0.39, 0.29) is 23.2 Å². The molecule has 0 radical (unpaired) electrons. The number of esters is 1. The van der Waals surface area contributed by atoms with Crippen LogP contribution in [0.1, 0.15) is 5.56 Å². The Bertz CT molecular complexity index is 977. The maximum atomic E-state index is 13.5. The molecule has 8 heteroatoms. The summed E-state index contributed by atoms with van der Waals surface area (Å²) in [4.78, 5) is 15.3. The second-order valence-electron chi connectivity index (χ2n) is 5.34. The van der Waals surface area contributed by atoms with Gasteiger partial charge in [0, 0.05) is 0 Å². The predicted octanol–water partition coefficient (Wildman–Crippen LogP) is 4.39. The van der Waals surface area contributed by atoms with Gasteiger partial charge in [-0.1, -0.05) is 65.7 Å². The van der Waals surface area contributed by atoms with Crippen LogP contribution in [0.5, 0.6) is 5.88 Å². The molecule has 0 saturated carbocycles. The Kier molecular flexibility index (Phi) is 5.44. The van der Waals surface area contributed by atoms with Crippen molar-refractivity contribution in [1.29, 1.82) is 0 Å². The molecule has 0 saturated heterocycles. The summed E-state index contributed by atoms with van der Waals surface area (Å²) in [5.74, 6) is -2.02. The van der Waals surface area contributed by atoms with Gasteiger partial charge in [-0.3, -0.25) is 0 Å². The Morgan fingerprint density at radius 2 is 1.85 bits per heavy atom. The molecule has 0 unspecified atom stereocenters. The molecule has 3 aromatic rings. The molecule has 0 fully saturated rings. The number of fused-ring (bicyclic) bond motifs is 1. The lowest BCUT2D eigenvalue weighted by atomic mass is 10.1. The third-order valence-corrected chi connectivity index (χ3v) is 4.36. The zero-order chi connectivity index (χ0) is 18.7. The van der Waals surface area contributed by atoms with Gasteiger partial charge in [0.15, 0.2) is 6.61 Å². The highest BCUT2D eigenvalue weighted by molar-refractivity contribution is 6.39. The van der Waals surface area contributed by atoms with E-state index in [9.17, 15) is 9.18 Å². The number of hydrogen-bond acceptors (Lipinski definition) is 5. The molecule has 3 rings (SSSR count). The molecule has 0 amide bonds. The van der Waals surface area contributed by atoms with Crippen LogP contribution in [0.15, 0.2) is 42.5 Å². The summed E-state index contributed by atoms with van der Waals surface area (Å²) in [5.41, 5.74) is 6.18. The first-order valence-corrected chi connectivity index (χ1v) is 8.28. The molecule has 26 heavy (non-hydrogen) atoms. The quantitative estimate of drug-likeness (QED) is 0.513. The fraction of sp³-hybridized carbons (Fsp3) is 0.111. The SMILES string of the molecule is Nc1c(Cl)c(F)nc(OCC(=O)OCc2cccc3ccccc23)c1Cl. The van der Waals surface area contributed by atoms with Crippen LogP contribution in [0.2, 0.25) is 10.0 Å². The number of hydrogen-bond donors (Lipinski definition) is 1. The molecular formula is C18H13Cl2FN2O3. The number of nitrogen functional groups attached to an aromatic ring is 1. The molecule has 0 atom stereocenters. The van der Waals surface area contributed by atoms with Crippen molar-refractivity contribution in [3.05, 3.63) is 64.0 Å². The zero-order valence-corrected chi connectivity index (χ0v) is 14.9. The number of anilines is 1. The molecule has 0 aliphatic carbocycles. The third kappa shape index (κ3) is 3.81. The van der Waals surface area contributed by atoms with E-state index in [4.69, 9.17) is 38.4 Å². The lowest BCUT2D eigenvalue weighted by molar-refractivity contribution is -0.147. The number of carbonyl (C=O) groups excluding carboxylic acids is 1. The van der Waals surface area contributed by atoms with Crippen LogP contribution >= 0.6 is 23.2 Å². The average Bonchev–Trinajstić information content (AvgIpc) is 2.66. The summed E-state index contributed by atoms with van der Waals surface area (Å²) >= 11 is 11.5. The molecule has 134 valence electrons. The van der Waals surface area contributed by atoms with Gasteiger partial charge < -0.3 is 15.2 Å². The van der Waals surface area contributed by atoms with Crippen LogP contribution in [-0.4, -0.2) is 17.6 Å². The van der Waals surface area contributed by atoms with Gasteiger partial charge in [-0.2, -0.15) is 9.37 Å². The minimum Gasteiger partial charge on any atom is -0.464 e. The Hall–Kier alpha value is -2.57. The Morgan fingerprint density at radius 3 is 2.65 bits per heavy atom. The Morgan fingerprint density at radius 1 is 1.12 bits per heavy atom. The lowest BCUT2D eigenvalue weighted by Crippen LogP contribution is -2.16. The number of carbonyl (C=O) groups is 1. The minimum absolute atomic E-state index is 0.0713. The average molecular weight is 395 g/mol. The van der Waals surface area contributed by atoms with Crippen LogP contribution < -0.4 is 10.5 Å². The molecule has 5 nitrogen and oxygen atoms in total.